The van der Waals surface area contributed by atoms with E-state index in [0.29, 0.717) is 19.2 Å². The van der Waals surface area contributed by atoms with Crippen molar-refractivity contribution in [3.8, 4) is 0 Å². The molecule has 24 heavy (non-hydrogen) atoms. The molecule has 1 aromatic carbocycles. The summed E-state index contributed by atoms with van der Waals surface area (Å²) in [5.74, 6) is -0.458. The molecule has 0 spiro atoms. The second-order valence-electron chi connectivity index (χ2n) is 5.40. The Morgan fingerprint density at radius 1 is 1.21 bits per heavy atom. The second kappa shape index (κ2) is 7.28. The molecule has 2 rings (SSSR count). The van der Waals surface area contributed by atoms with Crippen LogP contribution in [-0.2, 0) is 21.0 Å². The minimum absolute atomic E-state index is 0.231. The first-order chi connectivity index (χ1) is 11.1. The van der Waals surface area contributed by atoms with Crippen molar-refractivity contribution in [1.82, 2.24) is 9.62 Å². The molecule has 0 saturated carbocycles. The number of carbonyl (C=O) groups is 1. The Kier molecular flexibility index (Phi) is 5.77. The average molecular weight is 385 g/mol. The van der Waals surface area contributed by atoms with Gasteiger partial charge in [-0.25, -0.2) is 13.1 Å². The first-order valence-electron chi connectivity index (χ1n) is 7.25. The van der Waals surface area contributed by atoms with Crippen molar-refractivity contribution in [2.45, 2.75) is 30.3 Å². The number of alkyl halides is 3. The van der Waals surface area contributed by atoms with E-state index in [1.165, 1.54) is 4.90 Å². The topological polar surface area (TPSA) is 66.5 Å². The highest BCUT2D eigenvalue weighted by atomic mass is 35.5. The summed E-state index contributed by atoms with van der Waals surface area (Å²) >= 11 is 5.53. The zero-order valence-corrected chi connectivity index (χ0v) is 14.1. The highest BCUT2D eigenvalue weighted by Crippen LogP contribution is 2.35. The van der Waals surface area contributed by atoms with Gasteiger partial charge >= 0.3 is 6.18 Å². The highest BCUT2D eigenvalue weighted by molar-refractivity contribution is 7.89. The number of likely N-dealkylation sites (tertiary alicyclic amines) is 1. The van der Waals surface area contributed by atoms with Crippen molar-refractivity contribution in [3.63, 3.8) is 0 Å². The molecule has 1 fully saturated rings. The van der Waals surface area contributed by atoms with Crippen LogP contribution in [0.2, 0.25) is 5.02 Å². The Hall–Kier alpha value is -1.32. The molecule has 1 aliphatic heterocycles. The highest BCUT2D eigenvalue weighted by Gasteiger charge is 2.37. The Bertz CT molecular complexity index is 716. The standard InChI is InChI=1S/C14H16ClF3N2O3S/c15-10-4-5-12(11(8-10)14(16,17)18)24(22,23)19-9-13(21)20-6-2-1-3-7-20/h4-5,8,19H,1-3,6-7,9H2. The molecule has 1 saturated heterocycles. The van der Waals surface area contributed by atoms with Gasteiger partial charge < -0.3 is 4.90 Å². The normalized spacial score (nSPS) is 16.2. The lowest BCUT2D eigenvalue weighted by molar-refractivity contribution is -0.139. The summed E-state index contributed by atoms with van der Waals surface area (Å²) in [5, 5.41) is -0.231. The molecule has 0 unspecified atom stereocenters. The lowest BCUT2D eigenvalue weighted by Crippen LogP contribution is -2.42. The van der Waals surface area contributed by atoms with Crippen molar-refractivity contribution in [3.05, 3.63) is 28.8 Å². The summed E-state index contributed by atoms with van der Waals surface area (Å²) in [6.45, 7) is 0.465. The first-order valence-corrected chi connectivity index (χ1v) is 9.11. The predicted octanol–water partition coefficient (Wildman–Crippen LogP) is 2.65. The maximum Gasteiger partial charge on any atom is 0.417 e. The SMILES string of the molecule is O=C(CNS(=O)(=O)c1ccc(Cl)cc1C(F)(F)F)N1CCCCC1. The van der Waals surface area contributed by atoms with Crippen molar-refractivity contribution < 1.29 is 26.4 Å². The molecular weight excluding hydrogens is 369 g/mol. The van der Waals surface area contributed by atoms with E-state index in [0.717, 1.165) is 31.4 Å². The summed E-state index contributed by atoms with van der Waals surface area (Å²) in [6.07, 6.45) is -2.23. The van der Waals surface area contributed by atoms with Crippen molar-refractivity contribution in [2.75, 3.05) is 19.6 Å². The van der Waals surface area contributed by atoms with Gasteiger partial charge in [0.2, 0.25) is 15.9 Å². The van der Waals surface area contributed by atoms with Gasteiger partial charge in [0.15, 0.2) is 0 Å². The summed E-state index contributed by atoms with van der Waals surface area (Å²) in [4.78, 5) is 12.5. The fraction of sp³-hybridized carbons (Fsp3) is 0.500. The quantitative estimate of drug-likeness (QED) is 0.867. The Labute approximate surface area is 142 Å². The molecule has 5 nitrogen and oxygen atoms in total. The fourth-order valence-corrected chi connectivity index (χ4v) is 3.80. The lowest BCUT2D eigenvalue weighted by Gasteiger charge is -2.26. The minimum atomic E-state index is -4.88. The maximum atomic E-state index is 13.0. The zero-order valence-electron chi connectivity index (χ0n) is 12.6. The molecule has 1 aliphatic rings. The fourth-order valence-electron chi connectivity index (χ4n) is 2.45. The molecule has 134 valence electrons. The molecule has 1 amide bonds. The minimum Gasteiger partial charge on any atom is -0.342 e. The summed E-state index contributed by atoms with van der Waals surface area (Å²) < 4.78 is 65.4. The van der Waals surface area contributed by atoms with Crippen molar-refractivity contribution >= 4 is 27.5 Å². The largest absolute Gasteiger partial charge is 0.417 e. The molecule has 0 aromatic heterocycles. The number of nitrogens with zero attached hydrogens (tertiary/aromatic N) is 1. The maximum absolute atomic E-state index is 13.0. The van der Waals surface area contributed by atoms with Gasteiger partial charge in [0.05, 0.1) is 17.0 Å². The van der Waals surface area contributed by atoms with Gasteiger partial charge in [0.25, 0.3) is 0 Å². The van der Waals surface area contributed by atoms with E-state index in [2.05, 4.69) is 0 Å². The van der Waals surface area contributed by atoms with Gasteiger partial charge in [-0.2, -0.15) is 13.2 Å². The number of halogens is 4. The monoisotopic (exact) mass is 384 g/mol. The lowest BCUT2D eigenvalue weighted by atomic mass is 10.1. The van der Waals surface area contributed by atoms with E-state index in [1.54, 1.807) is 0 Å². The average Bonchev–Trinajstić information content (AvgIpc) is 2.52. The van der Waals surface area contributed by atoms with Crippen LogP contribution in [0.4, 0.5) is 13.2 Å². The number of hydrogen-bond acceptors (Lipinski definition) is 3. The number of piperidine rings is 1. The van der Waals surface area contributed by atoms with Crippen LogP contribution in [0.5, 0.6) is 0 Å². The number of carbonyl (C=O) groups excluding carboxylic acids is 1. The molecular formula is C14H16ClF3N2O3S. The number of rotatable bonds is 4. The molecule has 0 aliphatic carbocycles. The number of hydrogen-bond donors (Lipinski definition) is 1. The molecule has 0 radical (unpaired) electrons. The van der Waals surface area contributed by atoms with Crippen LogP contribution >= 0.6 is 11.6 Å². The number of sulfonamides is 1. The summed E-state index contributed by atoms with van der Waals surface area (Å²) in [7, 11) is -4.50. The third-order valence-electron chi connectivity index (χ3n) is 3.66. The number of nitrogens with one attached hydrogen (secondary N) is 1. The van der Waals surface area contributed by atoms with Crippen LogP contribution in [0.3, 0.4) is 0 Å². The van der Waals surface area contributed by atoms with E-state index in [9.17, 15) is 26.4 Å². The van der Waals surface area contributed by atoms with Gasteiger partial charge in [-0.1, -0.05) is 11.6 Å². The van der Waals surface area contributed by atoms with Gasteiger partial charge in [-0.3, -0.25) is 4.79 Å². The molecule has 0 bridgehead atoms. The molecule has 10 heteroatoms. The van der Waals surface area contributed by atoms with E-state index in [4.69, 9.17) is 11.6 Å². The smallest absolute Gasteiger partial charge is 0.342 e. The first kappa shape index (κ1) is 19.0. The Morgan fingerprint density at radius 2 is 1.83 bits per heavy atom. The van der Waals surface area contributed by atoms with Gasteiger partial charge in [0.1, 0.15) is 0 Å². The van der Waals surface area contributed by atoms with Crippen LogP contribution in [0.1, 0.15) is 24.8 Å². The van der Waals surface area contributed by atoms with E-state index >= 15 is 0 Å². The van der Waals surface area contributed by atoms with Crippen molar-refractivity contribution in [2.24, 2.45) is 0 Å². The van der Waals surface area contributed by atoms with Crippen LogP contribution in [0.25, 0.3) is 0 Å². The predicted molar refractivity (Wildman–Crippen MR) is 82.1 cm³/mol. The van der Waals surface area contributed by atoms with E-state index in [1.807, 2.05) is 4.72 Å². The molecule has 1 N–H and O–H groups in total. The third-order valence-corrected chi connectivity index (χ3v) is 5.35. The number of benzene rings is 1. The third kappa shape index (κ3) is 4.61. The molecule has 1 aromatic rings. The summed E-state index contributed by atoms with van der Waals surface area (Å²) in [6, 6.07) is 2.37. The number of amides is 1. The zero-order chi connectivity index (χ0) is 18.0. The molecule has 1 heterocycles. The van der Waals surface area contributed by atoms with E-state index < -0.39 is 39.1 Å². The Balaban J connectivity index is 2.17. The molecule has 0 atom stereocenters. The van der Waals surface area contributed by atoms with Crippen LogP contribution in [0.15, 0.2) is 23.1 Å². The van der Waals surface area contributed by atoms with Crippen LogP contribution < -0.4 is 4.72 Å². The second-order valence-corrected chi connectivity index (χ2v) is 7.58. The van der Waals surface area contributed by atoms with Crippen molar-refractivity contribution in [1.29, 1.82) is 0 Å². The summed E-state index contributed by atoms with van der Waals surface area (Å²) in [5.41, 5.74) is -1.37. The van der Waals surface area contributed by atoms with Gasteiger partial charge in [-0.15, -0.1) is 0 Å². The van der Waals surface area contributed by atoms with Gasteiger partial charge in [0, 0.05) is 18.1 Å². The Morgan fingerprint density at radius 3 is 2.42 bits per heavy atom. The van der Waals surface area contributed by atoms with E-state index in [-0.39, 0.29) is 5.02 Å². The van der Waals surface area contributed by atoms with Gasteiger partial charge in [-0.05, 0) is 37.5 Å². The van der Waals surface area contributed by atoms with Crippen LogP contribution in [-0.4, -0.2) is 38.9 Å². The van der Waals surface area contributed by atoms with Crippen LogP contribution in [0, 0.1) is 0 Å².